The highest BCUT2D eigenvalue weighted by atomic mass is 35.5. The van der Waals surface area contributed by atoms with Crippen molar-refractivity contribution in [3.05, 3.63) is 63.9 Å². The number of nitrogens with zero attached hydrogens (tertiary/aromatic N) is 4. The average molecular weight is 532 g/mol. The molecule has 0 atom stereocenters. The first-order valence-corrected chi connectivity index (χ1v) is 12.5. The highest BCUT2D eigenvalue weighted by Gasteiger charge is 2.53. The molecule has 2 aromatic heterocycles. The van der Waals surface area contributed by atoms with Crippen LogP contribution < -0.4 is 15.6 Å². The summed E-state index contributed by atoms with van der Waals surface area (Å²) in [6, 6.07) is 7.98. The van der Waals surface area contributed by atoms with E-state index < -0.39 is 12.4 Å². The Morgan fingerprint density at radius 1 is 1.24 bits per heavy atom. The van der Waals surface area contributed by atoms with Crippen molar-refractivity contribution in [2.45, 2.75) is 25.5 Å². The molecule has 4 aromatic rings. The van der Waals surface area contributed by atoms with Crippen molar-refractivity contribution in [3.63, 3.8) is 0 Å². The van der Waals surface area contributed by atoms with E-state index in [1.807, 2.05) is 12.1 Å². The van der Waals surface area contributed by atoms with Crippen LogP contribution in [0.15, 0.2) is 47.5 Å². The molecule has 1 aliphatic heterocycles. The molecule has 1 spiro atoms. The molecule has 3 heterocycles. The van der Waals surface area contributed by atoms with Gasteiger partial charge in [0.1, 0.15) is 11.6 Å². The van der Waals surface area contributed by atoms with Crippen molar-refractivity contribution < 1.29 is 17.9 Å². The van der Waals surface area contributed by atoms with Crippen LogP contribution in [0.4, 0.5) is 18.9 Å². The quantitative estimate of drug-likeness (QED) is 0.362. The lowest BCUT2D eigenvalue weighted by atomic mass is 9.62. The summed E-state index contributed by atoms with van der Waals surface area (Å²) in [4.78, 5) is 14.8. The maximum absolute atomic E-state index is 14.4. The first kappa shape index (κ1) is 24.1. The summed E-state index contributed by atoms with van der Waals surface area (Å²) in [6.45, 7) is 0.276. The first-order valence-electron chi connectivity index (χ1n) is 12.1. The second-order valence-electron chi connectivity index (χ2n) is 10.1. The van der Waals surface area contributed by atoms with Gasteiger partial charge in [-0.1, -0.05) is 11.6 Å². The van der Waals surface area contributed by atoms with Crippen molar-refractivity contribution >= 4 is 39.0 Å². The molecule has 0 unspecified atom stereocenters. The van der Waals surface area contributed by atoms with E-state index in [0.29, 0.717) is 39.3 Å². The number of likely N-dealkylation sites (tertiary alicyclic amines) is 1. The standard InChI is InChI=1S/C26H25ClF3N5O2/c1-33-6-4-17-22(3-2-18(27)23(17)24(33)36)37-16-10-26(11-16)13-34(14-26)7-5-31-20-9-21-15(8-19(20)28)12-32-35(21)25(29)30/h2-4,6,8-9,12,16,25,31H,5,7,10-11,13-14H2,1H3. The van der Waals surface area contributed by atoms with Crippen molar-refractivity contribution in [1.29, 1.82) is 0 Å². The molecule has 37 heavy (non-hydrogen) atoms. The summed E-state index contributed by atoms with van der Waals surface area (Å²) in [7, 11) is 1.69. The van der Waals surface area contributed by atoms with E-state index in [4.69, 9.17) is 16.3 Å². The Morgan fingerprint density at radius 2 is 2.03 bits per heavy atom. The van der Waals surface area contributed by atoms with Crippen LogP contribution in [-0.4, -0.2) is 51.5 Å². The van der Waals surface area contributed by atoms with Crippen molar-refractivity contribution in [3.8, 4) is 5.75 Å². The van der Waals surface area contributed by atoms with Crippen LogP contribution >= 0.6 is 11.6 Å². The molecular weight excluding hydrogens is 507 g/mol. The number of pyridine rings is 1. The largest absolute Gasteiger partial charge is 0.490 e. The van der Waals surface area contributed by atoms with Gasteiger partial charge in [0.2, 0.25) is 0 Å². The Hall–Kier alpha value is -3.24. The zero-order valence-electron chi connectivity index (χ0n) is 20.1. The lowest BCUT2D eigenvalue weighted by molar-refractivity contribution is -0.117. The zero-order valence-corrected chi connectivity index (χ0v) is 20.8. The SMILES string of the molecule is Cn1ccc2c(OC3CC4(C3)CN(CCNc3cc5c(cnn5C(F)F)cc3F)C4)ccc(Cl)c2c1=O. The third-order valence-electron chi connectivity index (χ3n) is 7.50. The fourth-order valence-corrected chi connectivity index (χ4v) is 5.93. The zero-order chi connectivity index (χ0) is 25.9. The smallest absolute Gasteiger partial charge is 0.333 e. The van der Waals surface area contributed by atoms with Crippen LogP contribution in [-0.2, 0) is 7.05 Å². The molecule has 2 aromatic carbocycles. The number of fused-ring (bicyclic) bond motifs is 2. The lowest BCUT2D eigenvalue weighted by Crippen LogP contribution is -2.65. The molecule has 0 amide bonds. The number of rotatable bonds is 7. The highest BCUT2D eigenvalue weighted by molar-refractivity contribution is 6.35. The lowest BCUT2D eigenvalue weighted by Gasteiger charge is -2.58. The summed E-state index contributed by atoms with van der Waals surface area (Å²) >= 11 is 6.28. The number of benzene rings is 2. The van der Waals surface area contributed by atoms with Gasteiger partial charge in [0.25, 0.3) is 5.56 Å². The summed E-state index contributed by atoms with van der Waals surface area (Å²) in [5.74, 6) is 0.178. The molecule has 2 fully saturated rings. The Morgan fingerprint density at radius 3 is 2.78 bits per heavy atom. The number of anilines is 1. The summed E-state index contributed by atoms with van der Waals surface area (Å²) in [6.07, 6.45) is 4.88. The monoisotopic (exact) mass is 531 g/mol. The second-order valence-corrected chi connectivity index (χ2v) is 10.5. The number of aromatic nitrogens is 3. The molecule has 7 nitrogen and oxygen atoms in total. The van der Waals surface area contributed by atoms with Gasteiger partial charge in [0.05, 0.1) is 33.9 Å². The van der Waals surface area contributed by atoms with Gasteiger partial charge in [-0.25, -0.2) is 9.07 Å². The van der Waals surface area contributed by atoms with Crippen LogP contribution in [0, 0.1) is 11.2 Å². The van der Waals surface area contributed by atoms with Crippen LogP contribution in [0.2, 0.25) is 5.02 Å². The van der Waals surface area contributed by atoms with E-state index in [9.17, 15) is 18.0 Å². The number of alkyl halides is 2. The van der Waals surface area contributed by atoms with E-state index in [-0.39, 0.29) is 28.3 Å². The summed E-state index contributed by atoms with van der Waals surface area (Å²) in [5, 5.41) is 8.60. The third-order valence-corrected chi connectivity index (χ3v) is 7.81. The number of hydrogen-bond donors (Lipinski definition) is 1. The molecule has 0 bridgehead atoms. The van der Waals surface area contributed by atoms with E-state index in [1.54, 1.807) is 19.3 Å². The molecular formula is C26H25ClF3N5O2. The normalized spacial score (nSPS) is 17.5. The molecule has 1 N–H and O–H groups in total. The van der Waals surface area contributed by atoms with Gasteiger partial charge >= 0.3 is 6.55 Å². The van der Waals surface area contributed by atoms with Crippen LogP contribution in [0.5, 0.6) is 5.75 Å². The Balaban J connectivity index is 1.01. The fourth-order valence-electron chi connectivity index (χ4n) is 5.68. The number of aryl methyl sites for hydroxylation is 1. The fraction of sp³-hybridized carbons (Fsp3) is 0.385. The molecule has 11 heteroatoms. The van der Waals surface area contributed by atoms with Crippen molar-refractivity contribution in [2.75, 3.05) is 31.5 Å². The number of halogens is 4. The second kappa shape index (κ2) is 8.95. The van der Waals surface area contributed by atoms with Gasteiger partial charge in [-0.2, -0.15) is 13.9 Å². The molecule has 2 aliphatic rings. The predicted molar refractivity (Wildman–Crippen MR) is 136 cm³/mol. The van der Waals surface area contributed by atoms with Gasteiger partial charge in [-0.05, 0) is 43.2 Å². The van der Waals surface area contributed by atoms with E-state index >= 15 is 0 Å². The maximum Gasteiger partial charge on any atom is 0.333 e. The van der Waals surface area contributed by atoms with Gasteiger partial charge < -0.3 is 19.5 Å². The van der Waals surface area contributed by atoms with E-state index in [0.717, 1.165) is 31.3 Å². The number of hydrogen-bond acceptors (Lipinski definition) is 5. The average Bonchev–Trinajstić information content (AvgIpc) is 3.22. The summed E-state index contributed by atoms with van der Waals surface area (Å²) in [5.41, 5.74) is 0.445. The minimum atomic E-state index is -2.78. The molecule has 1 aliphatic carbocycles. The predicted octanol–water partition coefficient (Wildman–Crippen LogP) is 5.03. The molecule has 6 rings (SSSR count). The number of nitrogens with one attached hydrogen (secondary N) is 1. The van der Waals surface area contributed by atoms with Crippen molar-refractivity contribution in [2.24, 2.45) is 12.5 Å². The van der Waals surface area contributed by atoms with Crippen LogP contribution in [0.1, 0.15) is 19.4 Å². The molecule has 194 valence electrons. The first-order chi connectivity index (χ1) is 17.7. The Labute approximate surface area is 215 Å². The van der Waals surface area contributed by atoms with Gasteiger partial charge in [-0.3, -0.25) is 4.79 Å². The van der Waals surface area contributed by atoms with Crippen LogP contribution in [0.3, 0.4) is 0 Å². The Bertz CT molecular complexity index is 1560. The molecule has 1 saturated carbocycles. The van der Waals surface area contributed by atoms with Gasteiger partial charge in [0, 0.05) is 55.6 Å². The highest BCUT2D eigenvalue weighted by Crippen LogP contribution is 2.50. The topological polar surface area (TPSA) is 64.3 Å². The van der Waals surface area contributed by atoms with E-state index in [2.05, 4.69) is 15.3 Å². The van der Waals surface area contributed by atoms with E-state index in [1.165, 1.54) is 22.9 Å². The van der Waals surface area contributed by atoms with Gasteiger partial charge in [0.15, 0.2) is 0 Å². The summed E-state index contributed by atoms with van der Waals surface area (Å²) < 4.78 is 48.9. The third kappa shape index (κ3) is 4.21. The minimum absolute atomic E-state index is 0.0780. The van der Waals surface area contributed by atoms with Gasteiger partial charge in [-0.15, -0.1) is 0 Å². The molecule has 0 radical (unpaired) electrons. The molecule has 1 saturated heterocycles. The van der Waals surface area contributed by atoms with Crippen LogP contribution in [0.25, 0.3) is 21.7 Å². The Kier molecular flexibility index (Phi) is 5.83. The number of ether oxygens (including phenoxy) is 1. The maximum atomic E-state index is 14.4. The minimum Gasteiger partial charge on any atom is -0.490 e. The van der Waals surface area contributed by atoms with Crippen molar-refractivity contribution in [1.82, 2.24) is 19.2 Å².